The van der Waals surface area contributed by atoms with Crippen LogP contribution in [0, 0.1) is 11.3 Å². The van der Waals surface area contributed by atoms with Crippen LogP contribution in [0.15, 0.2) is 24.3 Å². The first-order valence-corrected chi connectivity index (χ1v) is 6.34. The standard InChI is InChI=1S/C14H18N2O/c15-14-13-4-2-1-3-12(13)10-16(14)9-11-5-7-17-8-6-11/h1-4,11,15H,5-10H2. The van der Waals surface area contributed by atoms with Gasteiger partial charge < -0.3 is 9.64 Å². The Balaban J connectivity index is 1.69. The summed E-state index contributed by atoms with van der Waals surface area (Å²) in [6, 6.07) is 8.27. The molecule has 0 spiro atoms. The molecule has 0 aliphatic carbocycles. The Morgan fingerprint density at radius 2 is 2.00 bits per heavy atom. The molecule has 1 N–H and O–H groups in total. The molecule has 1 aromatic rings. The smallest absolute Gasteiger partial charge is 0.128 e. The van der Waals surface area contributed by atoms with Crippen molar-refractivity contribution < 1.29 is 4.74 Å². The Bertz CT molecular complexity index is 424. The maximum atomic E-state index is 8.20. The van der Waals surface area contributed by atoms with Crippen molar-refractivity contribution in [1.29, 1.82) is 5.41 Å². The molecular weight excluding hydrogens is 212 g/mol. The molecule has 1 saturated heterocycles. The molecule has 3 nitrogen and oxygen atoms in total. The number of hydrogen-bond acceptors (Lipinski definition) is 2. The fraction of sp³-hybridized carbons (Fsp3) is 0.500. The van der Waals surface area contributed by atoms with Crippen LogP contribution in [0.1, 0.15) is 24.0 Å². The highest BCUT2D eigenvalue weighted by atomic mass is 16.5. The average Bonchev–Trinajstić information content (AvgIpc) is 2.68. The lowest BCUT2D eigenvalue weighted by Gasteiger charge is -2.27. The molecule has 1 fully saturated rings. The minimum Gasteiger partial charge on any atom is -0.381 e. The Kier molecular flexibility index (Phi) is 2.85. The number of hydrogen-bond donors (Lipinski definition) is 1. The zero-order valence-corrected chi connectivity index (χ0v) is 9.98. The van der Waals surface area contributed by atoms with Crippen molar-refractivity contribution in [2.24, 2.45) is 5.92 Å². The van der Waals surface area contributed by atoms with E-state index < -0.39 is 0 Å². The van der Waals surface area contributed by atoms with Gasteiger partial charge in [0.25, 0.3) is 0 Å². The van der Waals surface area contributed by atoms with E-state index in [-0.39, 0.29) is 0 Å². The van der Waals surface area contributed by atoms with Gasteiger partial charge in [0.15, 0.2) is 0 Å². The molecule has 2 aliphatic rings. The second-order valence-electron chi connectivity index (χ2n) is 4.94. The lowest BCUT2D eigenvalue weighted by atomic mass is 10.00. The van der Waals surface area contributed by atoms with Crippen molar-refractivity contribution in [1.82, 2.24) is 4.90 Å². The van der Waals surface area contributed by atoms with Crippen LogP contribution in [-0.4, -0.2) is 30.5 Å². The van der Waals surface area contributed by atoms with Gasteiger partial charge in [-0.1, -0.05) is 24.3 Å². The molecule has 17 heavy (non-hydrogen) atoms. The summed E-state index contributed by atoms with van der Waals surface area (Å²) in [6.45, 7) is 3.70. The highest BCUT2D eigenvalue weighted by Gasteiger charge is 2.26. The van der Waals surface area contributed by atoms with E-state index in [1.165, 1.54) is 5.56 Å². The van der Waals surface area contributed by atoms with Crippen molar-refractivity contribution in [3.63, 3.8) is 0 Å². The molecule has 0 saturated carbocycles. The van der Waals surface area contributed by atoms with E-state index in [2.05, 4.69) is 23.1 Å². The highest BCUT2D eigenvalue weighted by molar-refractivity contribution is 6.00. The topological polar surface area (TPSA) is 36.3 Å². The van der Waals surface area contributed by atoms with E-state index in [1.54, 1.807) is 0 Å². The Morgan fingerprint density at radius 1 is 1.24 bits per heavy atom. The third-order valence-corrected chi connectivity index (χ3v) is 3.77. The third-order valence-electron chi connectivity index (χ3n) is 3.77. The van der Waals surface area contributed by atoms with Crippen LogP contribution in [0.5, 0.6) is 0 Å². The predicted molar refractivity (Wildman–Crippen MR) is 67.2 cm³/mol. The van der Waals surface area contributed by atoms with Gasteiger partial charge in [-0.15, -0.1) is 0 Å². The molecule has 0 aromatic heterocycles. The molecular formula is C14H18N2O. The molecule has 90 valence electrons. The van der Waals surface area contributed by atoms with Crippen LogP contribution in [0.3, 0.4) is 0 Å². The lowest BCUT2D eigenvalue weighted by molar-refractivity contribution is 0.0595. The number of rotatable bonds is 2. The van der Waals surface area contributed by atoms with E-state index in [1.807, 2.05) is 6.07 Å². The van der Waals surface area contributed by atoms with Gasteiger partial charge in [0, 0.05) is 31.9 Å². The molecule has 2 heterocycles. The maximum absolute atomic E-state index is 8.20. The van der Waals surface area contributed by atoms with E-state index in [0.717, 1.165) is 44.7 Å². The summed E-state index contributed by atoms with van der Waals surface area (Å²) in [5.41, 5.74) is 2.41. The van der Waals surface area contributed by atoms with Crippen LogP contribution < -0.4 is 0 Å². The summed E-state index contributed by atoms with van der Waals surface area (Å²) in [4.78, 5) is 2.21. The van der Waals surface area contributed by atoms with Crippen molar-refractivity contribution in [3.05, 3.63) is 35.4 Å². The molecule has 1 aromatic carbocycles. The van der Waals surface area contributed by atoms with Gasteiger partial charge in [0.1, 0.15) is 5.84 Å². The zero-order valence-electron chi connectivity index (χ0n) is 9.98. The van der Waals surface area contributed by atoms with Gasteiger partial charge in [0.2, 0.25) is 0 Å². The Morgan fingerprint density at radius 3 is 2.76 bits per heavy atom. The van der Waals surface area contributed by atoms with Gasteiger partial charge in [-0.25, -0.2) is 0 Å². The maximum Gasteiger partial charge on any atom is 0.128 e. The first kappa shape index (κ1) is 10.8. The summed E-state index contributed by atoms with van der Waals surface area (Å²) in [5.74, 6) is 1.39. The predicted octanol–water partition coefficient (Wildman–Crippen LogP) is 2.25. The van der Waals surface area contributed by atoms with E-state index in [4.69, 9.17) is 10.1 Å². The monoisotopic (exact) mass is 230 g/mol. The minimum absolute atomic E-state index is 0.693. The molecule has 3 rings (SSSR count). The first-order valence-electron chi connectivity index (χ1n) is 6.34. The van der Waals surface area contributed by atoms with Gasteiger partial charge in [0.05, 0.1) is 0 Å². The Hall–Kier alpha value is -1.35. The molecule has 3 heteroatoms. The zero-order chi connectivity index (χ0) is 11.7. The SMILES string of the molecule is N=C1c2ccccc2CN1CC1CCOCC1. The number of nitrogens with one attached hydrogen (secondary N) is 1. The van der Waals surface area contributed by atoms with Crippen molar-refractivity contribution in [3.8, 4) is 0 Å². The molecule has 0 radical (unpaired) electrons. The largest absolute Gasteiger partial charge is 0.381 e. The number of ether oxygens (including phenoxy) is 1. The fourth-order valence-electron chi connectivity index (χ4n) is 2.74. The minimum atomic E-state index is 0.693. The van der Waals surface area contributed by atoms with Crippen LogP contribution in [0.4, 0.5) is 0 Å². The lowest BCUT2D eigenvalue weighted by Crippen LogP contribution is -2.32. The van der Waals surface area contributed by atoms with Gasteiger partial charge in [-0.2, -0.15) is 0 Å². The average molecular weight is 230 g/mol. The van der Waals surface area contributed by atoms with E-state index in [0.29, 0.717) is 11.8 Å². The van der Waals surface area contributed by atoms with E-state index in [9.17, 15) is 0 Å². The number of benzene rings is 1. The van der Waals surface area contributed by atoms with E-state index >= 15 is 0 Å². The summed E-state index contributed by atoms with van der Waals surface area (Å²) in [7, 11) is 0. The fourth-order valence-corrected chi connectivity index (χ4v) is 2.74. The number of nitrogens with zero attached hydrogens (tertiary/aromatic N) is 1. The van der Waals surface area contributed by atoms with Crippen molar-refractivity contribution in [2.45, 2.75) is 19.4 Å². The molecule has 2 aliphatic heterocycles. The van der Waals surface area contributed by atoms with Crippen LogP contribution in [-0.2, 0) is 11.3 Å². The number of fused-ring (bicyclic) bond motifs is 1. The summed E-state index contributed by atoms with van der Waals surface area (Å²) < 4.78 is 5.38. The summed E-state index contributed by atoms with van der Waals surface area (Å²) in [6.07, 6.45) is 2.28. The van der Waals surface area contributed by atoms with Crippen LogP contribution >= 0.6 is 0 Å². The Labute approximate surface area is 102 Å². The third kappa shape index (κ3) is 2.07. The van der Waals surface area contributed by atoms with Crippen molar-refractivity contribution >= 4 is 5.84 Å². The summed E-state index contributed by atoms with van der Waals surface area (Å²) >= 11 is 0. The van der Waals surface area contributed by atoms with Crippen LogP contribution in [0.2, 0.25) is 0 Å². The summed E-state index contributed by atoms with van der Waals surface area (Å²) in [5, 5.41) is 8.20. The second kappa shape index (κ2) is 4.49. The molecule has 0 amide bonds. The highest BCUT2D eigenvalue weighted by Crippen LogP contribution is 2.25. The quantitative estimate of drug-likeness (QED) is 0.846. The van der Waals surface area contributed by atoms with Gasteiger partial charge in [-0.05, 0) is 24.3 Å². The molecule has 0 bridgehead atoms. The van der Waals surface area contributed by atoms with Gasteiger partial charge >= 0.3 is 0 Å². The number of amidine groups is 1. The van der Waals surface area contributed by atoms with Gasteiger partial charge in [-0.3, -0.25) is 5.41 Å². The molecule has 0 unspecified atom stereocenters. The van der Waals surface area contributed by atoms with Crippen LogP contribution in [0.25, 0.3) is 0 Å². The normalized spacial score (nSPS) is 20.7. The van der Waals surface area contributed by atoms with Crippen molar-refractivity contribution in [2.75, 3.05) is 19.8 Å². The molecule has 0 atom stereocenters. The second-order valence-corrected chi connectivity index (χ2v) is 4.94. The first-order chi connectivity index (χ1) is 8.34.